The summed E-state index contributed by atoms with van der Waals surface area (Å²) < 4.78 is 2.20. The number of imidazole rings is 1. The second-order valence-electron chi connectivity index (χ2n) is 6.34. The van der Waals surface area contributed by atoms with Crippen LogP contribution in [0, 0.1) is 17.0 Å². The van der Waals surface area contributed by atoms with Gasteiger partial charge in [-0.1, -0.05) is 13.8 Å². The summed E-state index contributed by atoms with van der Waals surface area (Å²) in [5.74, 6) is 2.29. The van der Waals surface area contributed by atoms with Gasteiger partial charge in [-0.3, -0.25) is 10.1 Å². The van der Waals surface area contributed by atoms with E-state index in [0.29, 0.717) is 12.5 Å². The third-order valence-corrected chi connectivity index (χ3v) is 4.35. The lowest BCUT2D eigenvalue weighted by Crippen LogP contribution is -2.32. The standard InChI is InChI=1S/C16H21N5O2/c1-10(2)15-18-13-9-20(6-5-14(13)19(15)4)16-11(3)7-12(8-17-16)21(22)23/h7-8,10H,5-6,9H2,1-4H3. The van der Waals surface area contributed by atoms with Crippen LogP contribution in [-0.4, -0.2) is 26.0 Å². The van der Waals surface area contributed by atoms with Crippen LogP contribution in [0.25, 0.3) is 0 Å². The van der Waals surface area contributed by atoms with Crippen molar-refractivity contribution in [1.82, 2.24) is 14.5 Å². The lowest BCUT2D eigenvalue weighted by molar-refractivity contribution is -0.385. The molecule has 0 bridgehead atoms. The number of hydrogen-bond donors (Lipinski definition) is 0. The predicted octanol–water partition coefficient (Wildman–Crippen LogP) is 2.72. The van der Waals surface area contributed by atoms with Crippen molar-refractivity contribution >= 4 is 11.5 Å². The van der Waals surface area contributed by atoms with E-state index in [0.717, 1.165) is 35.9 Å². The number of fused-ring (bicyclic) bond motifs is 1. The molecule has 0 unspecified atom stereocenters. The van der Waals surface area contributed by atoms with Gasteiger partial charge in [0.2, 0.25) is 0 Å². The van der Waals surface area contributed by atoms with E-state index in [4.69, 9.17) is 4.98 Å². The molecule has 2 aromatic heterocycles. The van der Waals surface area contributed by atoms with Gasteiger partial charge in [0.05, 0.1) is 17.2 Å². The van der Waals surface area contributed by atoms with E-state index < -0.39 is 4.92 Å². The number of anilines is 1. The molecule has 0 spiro atoms. The summed E-state index contributed by atoms with van der Waals surface area (Å²) in [5, 5.41) is 10.8. The molecule has 0 fully saturated rings. The molecular weight excluding hydrogens is 294 g/mol. The first-order valence-electron chi connectivity index (χ1n) is 7.78. The Morgan fingerprint density at radius 1 is 1.39 bits per heavy atom. The van der Waals surface area contributed by atoms with Crippen molar-refractivity contribution in [3.8, 4) is 0 Å². The van der Waals surface area contributed by atoms with E-state index in [1.807, 2.05) is 6.92 Å². The van der Waals surface area contributed by atoms with E-state index in [2.05, 4.69) is 35.3 Å². The molecule has 0 aliphatic carbocycles. The molecule has 7 heteroatoms. The van der Waals surface area contributed by atoms with Gasteiger partial charge in [0.1, 0.15) is 17.8 Å². The fourth-order valence-corrected chi connectivity index (χ4v) is 3.23. The first kappa shape index (κ1) is 15.5. The zero-order valence-corrected chi connectivity index (χ0v) is 13.9. The van der Waals surface area contributed by atoms with E-state index in [9.17, 15) is 10.1 Å². The number of aryl methyl sites for hydroxylation is 1. The maximum Gasteiger partial charge on any atom is 0.287 e. The Morgan fingerprint density at radius 2 is 2.13 bits per heavy atom. The third-order valence-electron chi connectivity index (χ3n) is 4.35. The lowest BCUT2D eigenvalue weighted by Gasteiger charge is -2.28. The van der Waals surface area contributed by atoms with Gasteiger partial charge in [-0.25, -0.2) is 9.97 Å². The summed E-state index contributed by atoms with van der Waals surface area (Å²) in [4.78, 5) is 21.7. The SMILES string of the molecule is Cc1cc([N+](=O)[O-])cnc1N1CCc2c(nc(C(C)C)n2C)C1. The minimum Gasteiger partial charge on any atom is -0.350 e. The van der Waals surface area contributed by atoms with Gasteiger partial charge in [0.25, 0.3) is 5.69 Å². The number of nitro groups is 1. The number of pyridine rings is 1. The monoisotopic (exact) mass is 315 g/mol. The smallest absolute Gasteiger partial charge is 0.287 e. The van der Waals surface area contributed by atoms with Crippen molar-refractivity contribution < 1.29 is 4.92 Å². The van der Waals surface area contributed by atoms with Crippen molar-refractivity contribution in [3.05, 3.63) is 45.2 Å². The quantitative estimate of drug-likeness (QED) is 0.643. The fraction of sp³-hybridized carbons (Fsp3) is 0.500. The van der Waals surface area contributed by atoms with E-state index in [1.165, 1.54) is 11.9 Å². The molecule has 23 heavy (non-hydrogen) atoms. The van der Waals surface area contributed by atoms with Crippen LogP contribution in [0.3, 0.4) is 0 Å². The highest BCUT2D eigenvalue weighted by molar-refractivity contribution is 5.51. The summed E-state index contributed by atoms with van der Waals surface area (Å²) in [6.45, 7) is 7.70. The van der Waals surface area contributed by atoms with Gasteiger partial charge >= 0.3 is 0 Å². The Hall–Kier alpha value is -2.44. The zero-order chi connectivity index (χ0) is 16.7. The molecule has 0 amide bonds. The van der Waals surface area contributed by atoms with Crippen LogP contribution in [-0.2, 0) is 20.0 Å². The first-order valence-corrected chi connectivity index (χ1v) is 7.78. The van der Waals surface area contributed by atoms with Gasteiger partial charge in [0.15, 0.2) is 0 Å². The highest BCUT2D eigenvalue weighted by Crippen LogP contribution is 2.28. The fourth-order valence-electron chi connectivity index (χ4n) is 3.23. The second kappa shape index (κ2) is 5.64. The van der Waals surface area contributed by atoms with Crippen LogP contribution in [0.4, 0.5) is 11.5 Å². The van der Waals surface area contributed by atoms with Crippen molar-refractivity contribution in [3.63, 3.8) is 0 Å². The van der Waals surface area contributed by atoms with Gasteiger partial charge in [-0.05, 0) is 12.5 Å². The second-order valence-corrected chi connectivity index (χ2v) is 6.34. The number of aromatic nitrogens is 3. The summed E-state index contributed by atoms with van der Waals surface area (Å²) in [5.41, 5.74) is 3.22. The first-order chi connectivity index (χ1) is 10.9. The van der Waals surface area contributed by atoms with Crippen LogP contribution in [0.1, 0.15) is 42.5 Å². The normalized spacial score (nSPS) is 14.2. The van der Waals surface area contributed by atoms with Gasteiger partial charge in [0, 0.05) is 37.7 Å². The molecule has 0 saturated carbocycles. The van der Waals surface area contributed by atoms with E-state index in [1.54, 1.807) is 6.07 Å². The summed E-state index contributed by atoms with van der Waals surface area (Å²) in [7, 11) is 2.08. The molecular formula is C16H21N5O2. The Morgan fingerprint density at radius 3 is 2.74 bits per heavy atom. The number of nitrogens with zero attached hydrogens (tertiary/aromatic N) is 5. The topological polar surface area (TPSA) is 77.1 Å². The molecule has 0 N–H and O–H groups in total. The van der Waals surface area contributed by atoms with Gasteiger partial charge in [-0.15, -0.1) is 0 Å². The average molecular weight is 315 g/mol. The summed E-state index contributed by atoms with van der Waals surface area (Å²) in [6.07, 6.45) is 2.24. The predicted molar refractivity (Wildman–Crippen MR) is 87.7 cm³/mol. The maximum atomic E-state index is 10.8. The van der Waals surface area contributed by atoms with Crippen molar-refractivity contribution in [1.29, 1.82) is 0 Å². The largest absolute Gasteiger partial charge is 0.350 e. The molecule has 1 aliphatic heterocycles. The highest BCUT2D eigenvalue weighted by atomic mass is 16.6. The minimum absolute atomic E-state index is 0.0314. The Bertz CT molecular complexity index is 766. The molecule has 0 radical (unpaired) electrons. The molecule has 0 aromatic carbocycles. The zero-order valence-electron chi connectivity index (χ0n) is 13.9. The Kier molecular flexibility index (Phi) is 3.79. The van der Waals surface area contributed by atoms with Crippen LogP contribution in [0.15, 0.2) is 12.3 Å². The van der Waals surface area contributed by atoms with Crippen molar-refractivity contribution in [2.75, 3.05) is 11.4 Å². The summed E-state index contributed by atoms with van der Waals surface area (Å²) >= 11 is 0. The number of hydrogen-bond acceptors (Lipinski definition) is 5. The molecule has 0 saturated heterocycles. The van der Waals surface area contributed by atoms with Crippen molar-refractivity contribution in [2.24, 2.45) is 7.05 Å². The average Bonchev–Trinajstić information content (AvgIpc) is 2.84. The highest BCUT2D eigenvalue weighted by Gasteiger charge is 2.25. The Balaban J connectivity index is 1.90. The number of rotatable bonds is 3. The molecule has 2 aromatic rings. The van der Waals surface area contributed by atoms with Crippen LogP contribution >= 0.6 is 0 Å². The van der Waals surface area contributed by atoms with Gasteiger partial charge in [-0.2, -0.15) is 0 Å². The maximum absolute atomic E-state index is 10.8. The summed E-state index contributed by atoms with van der Waals surface area (Å²) in [6, 6.07) is 1.58. The lowest BCUT2D eigenvalue weighted by atomic mass is 10.1. The molecule has 3 rings (SSSR count). The molecule has 7 nitrogen and oxygen atoms in total. The van der Waals surface area contributed by atoms with Crippen LogP contribution < -0.4 is 4.90 Å². The molecule has 3 heterocycles. The van der Waals surface area contributed by atoms with Crippen molar-refractivity contribution in [2.45, 2.75) is 39.7 Å². The van der Waals surface area contributed by atoms with Crippen LogP contribution in [0.2, 0.25) is 0 Å². The third kappa shape index (κ3) is 2.67. The van der Waals surface area contributed by atoms with E-state index >= 15 is 0 Å². The Labute approximate surface area is 135 Å². The van der Waals surface area contributed by atoms with Gasteiger partial charge < -0.3 is 9.47 Å². The molecule has 122 valence electrons. The molecule has 0 atom stereocenters. The minimum atomic E-state index is -0.411. The van der Waals surface area contributed by atoms with E-state index in [-0.39, 0.29) is 5.69 Å². The van der Waals surface area contributed by atoms with Crippen LogP contribution in [0.5, 0.6) is 0 Å². The molecule has 1 aliphatic rings.